The molecule has 0 aromatic heterocycles. The molecule has 0 spiro atoms. The van der Waals surface area contributed by atoms with E-state index in [9.17, 15) is 9.18 Å². The zero-order chi connectivity index (χ0) is 9.71. The second kappa shape index (κ2) is 2.92. The molecule has 2 saturated heterocycles. The zero-order valence-corrected chi connectivity index (χ0v) is 8.08. The van der Waals surface area contributed by atoms with Gasteiger partial charge < -0.3 is 10.2 Å². The maximum Gasteiger partial charge on any atom is 0.228 e. The first-order chi connectivity index (χ1) is 6.75. The lowest BCUT2D eigenvalue weighted by atomic mass is 10.0. The number of halogens is 1. The highest BCUT2D eigenvalue weighted by atomic mass is 19.1. The van der Waals surface area contributed by atoms with Gasteiger partial charge in [0.1, 0.15) is 6.17 Å². The van der Waals surface area contributed by atoms with Crippen LogP contribution in [0.2, 0.25) is 0 Å². The number of hydrogen-bond donors (Lipinski definition) is 1. The lowest BCUT2D eigenvalue weighted by Crippen LogP contribution is -2.33. The van der Waals surface area contributed by atoms with Crippen LogP contribution in [0.4, 0.5) is 4.39 Å². The van der Waals surface area contributed by atoms with Crippen molar-refractivity contribution in [1.82, 2.24) is 10.2 Å². The molecule has 4 atom stereocenters. The summed E-state index contributed by atoms with van der Waals surface area (Å²) in [5.74, 6) is 1.01. The molecule has 78 valence electrons. The van der Waals surface area contributed by atoms with Gasteiger partial charge in [-0.2, -0.15) is 0 Å². The highest BCUT2D eigenvalue weighted by Gasteiger charge is 2.48. The number of fused-ring (bicyclic) bond motifs is 1. The summed E-state index contributed by atoms with van der Waals surface area (Å²) < 4.78 is 12.7. The largest absolute Gasteiger partial charge is 0.342 e. The first-order valence-electron chi connectivity index (χ1n) is 5.39. The molecule has 0 bridgehead atoms. The van der Waals surface area contributed by atoms with E-state index in [1.54, 1.807) is 0 Å². The maximum atomic E-state index is 12.7. The Morgan fingerprint density at radius 3 is 2.36 bits per heavy atom. The van der Waals surface area contributed by atoms with Gasteiger partial charge in [-0.15, -0.1) is 0 Å². The number of nitrogens with one attached hydrogen (secondary N) is 1. The summed E-state index contributed by atoms with van der Waals surface area (Å²) in [7, 11) is 0. The van der Waals surface area contributed by atoms with E-state index in [0.29, 0.717) is 18.3 Å². The minimum Gasteiger partial charge on any atom is -0.342 e. The number of likely N-dealkylation sites (tertiary alicyclic amines) is 1. The number of rotatable bonds is 1. The van der Waals surface area contributed by atoms with Gasteiger partial charge in [0.2, 0.25) is 5.91 Å². The van der Waals surface area contributed by atoms with Crippen molar-refractivity contribution in [1.29, 1.82) is 0 Å². The number of nitrogens with zero attached hydrogens (tertiary/aromatic N) is 1. The van der Waals surface area contributed by atoms with E-state index in [2.05, 4.69) is 5.32 Å². The molecule has 1 N–H and O–H groups in total. The van der Waals surface area contributed by atoms with Crippen LogP contribution in [0, 0.1) is 17.8 Å². The Morgan fingerprint density at radius 1 is 1.29 bits per heavy atom. The predicted molar refractivity (Wildman–Crippen MR) is 49.4 cm³/mol. The van der Waals surface area contributed by atoms with Gasteiger partial charge >= 0.3 is 0 Å². The number of carbonyl (C=O) groups is 1. The van der Waals surface area contributed by atoms with Gasteiger partial charge in [0.15, 0.2) is 0 Å². The van der Waals surface area contributed by atoms with Crippen LogP contribution in [-0.4, -0.2) is 43.2 Å². The second-order valence-corrected chi connectivity index (χ2v) is 4.78. The van der Waals surface area contributed by atoms with Gasteiger partial charge in [0.05, 0.1) is 5.92 Å². The second-order valence-electron chi connectivity index (χ2n) is 4.78. The van der Waals surface area contributed by atoms with Crippen LogP contribution in [0.3, 0.4) is 0 Å². The number of carbonyl (C=O) groups excluding carboxylic acids is 1. The topological polar surface area (TPSA) is 32.3 Å². The van der Waals surface area contributed by atoms with Gasteiger partial charge in [-0.1, -0.05) is 0 Å². The van der Waals surface area contributed by atoms with Crippen LogP contribution in [-0.2, 0) is 4.79 Å². The van der Waals surface area contributed by atoms with E-state index in [4.69, 9.17) is 0 Å². The molecule has 3 rings (SSSR count). The minimum atomic E-state index is -0.846. The van der Waals surface area contributed by atoms with E-state index in [0.717, 1.165) is 26.2 Å². The molecule has 1 saturated carbocycles. The summed E-state index contributed by atoms with van der Waals surface area (Å²) in [6.45, 7) is 3.75. The predicted octanol–water partition coefficient (Wildman–Crippen LogP) is 0.0222. The van der Waals surface area contributed by atoms with Crippen LogP contribution in [0.25, 0.3) is 0 Å². The monoisotopic (exact) mass is 198 g/mol. The van der Waals surface area contributed by atoms with Crippen molar-refractivity contribution >= 4 is 5.91 Å². The molecule has 2 heterocycles. The Labute approximate surface area is 82.6 Å². The zero-order valence-electron chi connectivity index (χ0n) is 8.08. The average molecular weight is 198 g/mol. The van der Waals surface area contributed by atoms with Crippen LogP contribution in [0.15, 0.2) is 0 Å². The summed E-state index contributed by atoms with van der Waals surface area (Å²) >= 11 is 0. The molecule has 3 nitrogen and oxygen atoms in total. The average Bonchev–Trinajstić information content (AvgIpc) is 2.62. The Kier molecular flexibility index (Phi) is 1.81. The number of hydrogen-bond acceptors (Lipinski definition) is 2. The third-order valence-corrected chi connectivity index (χ3v) is 3.73. The third-order valence-electron chi connectivity index (χ3n) is 3.73. The van der Waals surface area contributed by atoms with Crippen molar-refractivity contribution in [2.24, 2.45) is 17.8 Å². The Hall–Kier alpha value is -0.640. The summed E-state index contributed by atoms with van der Waals surface area (Å²) in [4.78, 5) is 13.6. The summed E-state index contributed by atoms with van der Waals surface area (Å²) in [6.07, 6.45) is -0.385. The molecule has 3 aliphatic rings. The molecule has 4 heteroatoms. The molecule has 0 aromatic carbocycles. The molecule has 0 aromatic rings. The van der Waals surface area contributed by atoms with Gasteiger partial charge in [-0.25, -0.2) is 4.39 Å². The SMILES string of the molecule is O=C([C@@H]1C[C@@H]1F)N1C[C@H]2CNC[C@H]2C1. The lowest BCUT2D eigenvalue weighted by molar-refractivity contribution is -0.132. The fourth-order valence-corrected chi connectivity index (χ4v) is 2.69. The molecule has 0 radical (unpaired) electrons. The quantitative estimate of drug-likeness (QED) is 0.644. The van der Waals surface area contributed by atoms with E-state index in [1.165, 1.54) is 0 Å². The van der Waals surface area contributed by atoms with E-state index in [1.807, 2.05) is 4.90 Å². The molecule has 1 aliphatic carbocycles. The van der Waals surface area contributed by atoms with Gasteiger partial charge in [0, 0.05) is 26.2 Å². The van der Waals surface area contributed by atoms with Crippen LogP contribution in [0.1, 0.15) is 6.42 Å². The first kappa shape index (κ1) is 8.65. The van der Waals surface area contributed by atoms with Crippen molar-refractivity contribution in [2.45, 2.75) is 12.6 Å². The normalized spacial score (nSPS) is 45.4. The van der Waals surface area contributed by atoms with Crippen LogP contribution < -0.4 is 5.32 Å². The van der Waals surface area contributed by atoms with Crippen LogP contribution >= 0.6 is 0 Å². The summed E-state index contributed by atoms with van der Waals surface area (Å²) in [6, 6.07) is 0. The number of alkyl halides is 1. The number of amides is 1. The summed E-state index contributed by atoms with van der Waals surface area (Å²) in [5, 5.41) is 3.33. The van der Waals surface area contributed by atoms with Crippen molar-refractivity contribution in [3.63, 3.8) is 0 Å². The van der Waals surface area contributed by atoms with Crippen molar-refractivity contribution in [3.05, 3.63) is 0 Å². The maximum absolute atomic E-state index is 12.7. The van der Waals surface area contributed by atoms with Gasteiger partial charge in [-0.3, -0.25) is 4.79 Å². The molecule has 3 fully saturated rings. The molecule has 1 amide bonds. The Balaban J connectivity index is 1.62. The highest BCUT2D eigenvalue weighted by molar-refractivity contribution is 5.82. The fourth-order valence-electron chi connectivity index (χ4n) is 2.69. The van der Waals surface area contributed by atoms with Crippen LogP contribution in [0.5, 0.6) is 0 Å². The summed E-state index contributed by atoms with van der Waals surface area (Å²) in [5.41, 5.74) is 0. The van der Waals surface area contributed by atoms with Crippen molar-refractivity contribution in [3.8, 4) is 0 Å². The minimum absolute atomic E-state index is 0.0619. The molecule has 0 unspecified atom stereocenters. The Bertz CT molecular complexity index is 259. The van der Waals surface area contributed by atoms with E-state index >= 15 is 0 Å². The standard InChI is InChI=1S/C10H15FN2O/c11-9-1-8(9)10(14)13-4-6-2-12-3-7(6)5-13/h6-9,12H,1-5H2/t6-,7+,8-,9+/m1/s1. The Morgan fingerprint density at radius 2 is 1.86 bits per heavy atom. The highest BCUT2D eigenvalue weighted by Crippen LogP contribution is 2.37. The van der Waals surface area contributed by atoms with E-state index < -0.39 is 6.17 Å². The van der Waals surface area contributed by atoms with Crippen molar-refractivity contribution < 1.29 is 9.18 Å². The van der Waals surface area contributed by atoms with E-state index in [-0.39, 0.29) is 11.8 Å². The third kappa shape index (κ3) is 1.24. The van der Waals surface area contributed by atoms with Gasteiger partial charge in [-0.05, 0) is 18.3 Å². The van der Waals surface area contributed by atoms with Crippen molar-refractivity contribution in [2.75, 3.05) is 26.2 Å². The smallest absolute Gasteiger partial charge is 0.228 e. The first-order valence-corrected chi connectivity index (χ1v) is 5.39. The lowest BCUT2D eigenvalue weighted by Gasteiger charge is -2.16. The molecule has 14 heavy (non-hydrogen) atoms. The fraction of sp³-hybridized carbons (Fsp3) is 0.900. The molecule has 2 aliphatic heterocycles. The van der Waals surface area contributed by atoms with Gasteiger partial charge in [0.25, 0.3) is 0 Å². The molecular formula is C10H15FN2O. The molecular weight excluding hydrogens is 183 g/mol.